The van der Waals surface area contributed by atoms with Crippen molar-refractivity contribution in [2.45, 2.75) is 48.0 Å². The summed E-state index contributed by atoms with van der Waals surface area (Å²) in [7, 11) is 0. The summed E-state index contributed by atoms with van der Waals surface area (Å²) in [4.78, 5) is 5.25. The molecule has 0 saturated carbocycles. The van der Waals surface area contributed by atoms with Crippen molar-refractivity contribution in [3.63, 3.8) is 0 Å². The summed E-state index contributed by atoms with van der Waals surface area (Å²) < 4.78 is 0. The summed E-state index contributed by atoms with van der Waals surface area (Å²) in [5, 5.41) is 0. The molecule has 1 aliphatic rings. The molecule has 0 N–H and O–H groups in total. The first-order valence-corrected chi connectivity index (χ1v) is 7.10. The van der Waals surface area contributed by atoms with Gasteiger partial charge >= 0.3 is 0 Å². The predicted molar refractivity (Wildman–Crippen MR) is 76.4 cm³/mol. The zero-order valence-electron chi connectivity index (χ0n) is 12.8. The van der Waals surface area contributed by atoms with Crippen LogP contribution >= 0.6 is 0 Å². The van der Waals surface area contributed by atoms with E-state index in [-0.39, 0.29) is 0 Å². The Labute approximate surface area is 108 Å². The van der Waals surface area contributed by atoms with Crippen LogP contribution in [0.4, 0.5) is 0 Å². The Balaban J connectivity index is 2.22. The van der Waals surface area contributed by atoms with E-state index in [1.54, 1.807) is 0 Å². The molecule has 102 valence electrons. The topological polar surface area (TPSA) is 6.48 Å². The Morgan fingerprint density at radius 3 is 1.59 bits per heavy atom. The lowest BCUT2D eigenvalue weighted by atomic mass is 9.92. The number of nitrogens with zero attached hydrogens (tertiary/aromatic N) is 2. The third kappa shape index (κ3) is 7.05. The second kappa shape index (κ2) is 5.71. The molecule has 0 amide bonds. The minimum atomic E-state index is 0.438. The molecule has 0 aromatic carbocycles. The predicted octanol–water partition coefficient (Wildman–Crippen LogP) is 3.09. The van der Waals surface area contributed by atoms with Gasteiger partial charge < -0.3 is 9.80 Å². The van der Waals surface area contributed by atoms with E-state index < -0.39 is 0 Å². The zero-order chi connectivity index (χ0) is 13.1. The Morgan fingerprint density at radius 2 is 1.18 bits per heavy atom. The molecule has 0 unspecified atom stereocenters. The van der Waals surface area contributed by atoms with Crippen molar-refractivity contribution in [2.24, 2.45) is 10.8 Å². The highest BCUT2D eigenvalue weighted by Gasteiger charge is 2.22. The lowest BCUT2D eigenvalue weighted by Gasteiger charge is -2.38. The fraction of sp³-hybridized carbons (Fsp3) is 1.00. The molecule has 2 nitrogen and oxygen atoms in total. The minimum Gasteiger partial charge on any atom is -0.301 e. The molecule has 1 heterocycles. The van der Waals surface area contributed by atoms with Crippen LogP contribution in [0.3, 0.4) is 0 Å². The second-order valence-electron chi connectivity index (χ2n) is 7.99. The number of hydrogen-bond acceptors (Lipinski definition) is 2. The fourth-order valence-electron chi connectivity index (χ4n) is 2.34. The van der Waals surface area contributed by atoms with Crippen molar-refractivity contribution in [3.8, 4) is 0 Å². The first kappa shape index (κ1) is 15.0. The van der Waals surface area contributed by atoms with Crippen LogP contribution in [0.5, 0.6) is 0 Å². The van der Waals surface area contributed by atoms with Gasteiger partial charge in [0.15, 0.2) is 0 Å². The van der Waals surface area contributed by atoms with Crippen LogP contribution < -0.4 is 0 Å². The SMILES string of the molecule is CC(C)(C)CCN1CCN(CC(C)(C)C)CC1. The quantitative estimate of drug-likeness (QED) is 0.748. The Bertz CT molecular complexity index is 214. The highest BCUT2D eigenvalue weighted by molar-refractivity contribution is 4.77. The van der Waals surface area contributed by atoms with Crippen LogP contribution in [0.15, 0.2) is 0 Å². The Hall–Kier alpha value is -0.0800. The van der Waals surface area contributed by atoms with Crippen LogP contribution in [0, 0.1) is 10.8 Å². The maximum absolute atomic E-state index is 2.63. The van der Waals surface area contributed by atoms with Crippen LogP contribution in [-0.2, 0) is 0 Å². The van der Waals surface area contributed by atoms with E-state index >= 15 is 0 Å². The molecule has 1 aliphatic heterocycles. The van der Waals surface area contributed by atoms with Gasteiger partial charge in [0.25, 0.3) is 0 Å². The van der Waals surface area contributed by atoms with Gasteiger partial charge in [0.05, 0.1) is 0 Å². The average molecular weight is 240 g/mol. The van der Waals surface area contributed by atoms with Gasteiger partial charge in [-0.25, -0.2) is 0 Å². The Morgan fingerprint density at radius 1 is 0.706 bits per heavy atom. The lowest BCUT2D eigenvalue weighted by molar-refractivity contribution is 0.0952. The fourth-order valence-corrected chi connectivity index (χ4v) is 2.34. The van der Waals surface area contributed by atoms with E-state index in [1.165, 1.54) is 45.7 Å². The van der Waals surface area contributed by atoms with E-state index in [4.69, 9.17) is 0 Å². The van der Waals surface area contributed by atoms with Crippen LogP contribution in [-0.4, -0.2) is 49.1 Å². The molecule has 0 aromatic rings. The van der Waals surface area contributed by atoms with Gasteiger partial charge in [0.2, 0.25) is 0 Å². The van der Waals surface area contributed by atoms with Crippen molar-refractivity contribution >= 4 is 0 Å². The third-order valence-corrected chi connectivity index (χ3v) is 3.34. The molecular weight excluding hydrogens is 208 g/mol. The molecule has 2 heteroatoms. The van der Waals surface area contributed by atoms with Crippen LogP contribution in [0.2, 0.25) is 0 Å². The van der Waals surface area contributed by atoms with Crippen molar-refractivity contribution in [3.05, 3.63) is 0 Å². The summed E-state index contributed by atoms with van der Waals surface area (Å²) in [5.74, 6) is 0. The van der Waals surface area contributed by atoms with Crippen molar-refractivity contribution < 1.29 is 0 Å². The minimum absolute atomic E-state index is 0.438. The molecule has 0 radical (unpaired) electrons. The van der Waals surface area contributed by atoms with Crippen molar-refractivity contribution in [1.82, 2.24) is 9.80 Å². The van der Waals surface area contributed by atoms with Crippen molar-refractivity contribution in [2.75, 3.05) is 39.3 Å². The summed E-state index contributed by atoms with van der Waals surface area (Å²) in [6.45, 7) is 21.5. The number of piperazine rings is 1. The van der Waals surface area contributed by atoms with E-state index in [0.29, 0.717) is 10.8 Å². The summed E-state index contributed by atoms with van der Waals surface area (Å²) in [5.41, 5.74) is 0.913. The van der Waals surface area contributed by atoms with E-state index in [9.17, 15) is 0 Å². The molecule has 1 rings (SSSR count). The Kier molecular flexibility index (Phi) is 5.03. The number of hydrogen-bond donors (Lipinski definition) is 0. The average Bonchev–Trinajstić information content (AvgIpc) is 2.13. The van der Waals surface area contributed by atoms with E-state index in [2.05, 4.69) is 51.3 Å². The van der Waals surface area contributed by atoms with E-state index in [0.717, 1.165) is 0 Å². The summed E-state index contributed by atoms with van der Waals surface area (Å²) in [6.07, 6.45) is 1.31. The van der Waals surface area contributed by atoms with Crippen LogP contribution in [0.25, 0.3) is 0 Å². The highest BCUT2D eigenvalue weighted by Crippen LogP contribution is 2.20. The molecule has 0 bridgehead atoms. The molecule has 0 spiro atoms. The normalized spacial score (nSPS) is 20.8. The molecule has 0 atom stereocenters. The van der Waals surface area contributed by atoms with Crippen molar-refractivity contribution in [1.29, 1.82) is 0 Å². The lowest BCUT2D eigenvalue weighted by Crippen LogP contribution is -2.49. The molecule has 1 fully saturated rings. The highest BCUT2D eigenvalue weighted by atomic mass is 15.3. The maximum atomic E-state index is 2.63. The zero-order valence-corrected chi connectivity index (χ0v) is 12.8. The van der Waals surface area contributed by atoms with Gasteiger partial charge in [-0.05, 0) is 23.8 Å². The smallest absolute Gasteiger partial charge is 0.0110 e. The van der Waals surface area contributed by atoms with Gasteiger partial charge in [-0.2, -0.15) is 0 Å². The first-order valence-electron chi connectivity index (χ1n) is 7.10. The van der Waals surface area contributed by atoms with Gasteiger partial charge in [0.1, 0.15) is 0 Å². The molecule has 1 saturated heterocycles. The van der Waals surface area contributed by atoms with Gasteiger partial charge in [-0.3, -0.25) is 0 Å². The maximum Gasteiger partial charge on any atom is 0.0110 e. The molecule has 0 aromatic heterocycles. The number of rotatable bonds is 3. The van der Waals surface area contributed by atoms with Gasteiger partial charge in [-0.1, -0.05) is 41.5 Å². The molecule has 0 aliphatic carbocycles. The summed E-state index contributed by atoms with van der Waals surface area (Å²) in [6, 6.07) is 0. The van der Waals surface area contributed by atoms with Crippen LogP contribution in [0.1, 0.15) is 48.0 Å². The monoisotopic (exact) mass is 240 g/mol. The van der Waals surface area contributed by atoms with Gasteiger partial charge in [0, 0.05) is 32.7 Å². The largest absolute Gasteiger partial charge is 0.301 e. The first-order chi connectivity index (χ1) is 7.66. The second-order valence-corrected chi connectivity index (χ2v) is 7.99. The third-order valence-electron chi connectivity index (χ3n) is 3.34. The standard InChI is InChI=1S/C15H32N2/c1-14(2,3)7-8-16-9-11-17(12-10-16)13-15(4,5)6/h7-13H2,1-6H3. The van der Waals surface area contributed by atoms with Gasteiger partial charge in [-0.15, -0.1) is 0 Å². The van der Waals surface area contributed by atoms with E-state index in [1.807, 2.05) is 0 Å². The molecular formula is C15H32N2. The molecule has 17 heavy (non-hydrogen) atoms. The summed E-state index contributed by atoms with van der Waals surface area (Å²) >= 11 is 0.